The van der Waals surface area contributed by atoms with Crippen LogP contribution in [0.1, 0.15) is 6.92 Å². The van der Waals surface area contributed by atoms with Crippen molar-refractivity contribution in [3.63, 3.8) is 0 Å². The number of hydrogen-bond acceptors (Lipinski definition) is 3. The fraction of sp³-hybridized carbons (Fsp3) is 0.900. The number of nitrogens with zero attached hydrogens (tertiary/aromatic N) is 2. The first-order valence-electron chi connectivity index (χ1n) is 5.13. The van der Waals surface area contributed by atoms with E-state index in [2.05, 4.69) is 12.2 Å². The minimum Gasteiger partial charge on any atom is -0.344 e. The van der Waals surface area contributed by atoms with Crippen LogP contribution < -0.4 is 5.32 Å². The molecule has 1 amide bonds. The molecule has 1 aliphatic rings. The van der Waals surface area contributed by atoms with Gasteiger partial charge in [-0.05, 0) is 20.0 Å². The van der Waals surface area contributed by atoms with E-state index in [-0.39, 0.29) is 11.9 Å². The zero-order chi connectivity index (χ0) is 10.7. The van der Waals surface area contributed by atoms with E-state index in [0.717, 1.165) is 19.6 Å². The van der Waals surface area contributed by atoms with Crippen LogP contribution in [-0.2, 0) is 4.79 Å². The standard InChI is InChI=1S/C10H21N3O/c1-8-5-11-9(7-12(2)3)10(14)13(4)6-8/h8-9,11H,5-7H2,1-4H3. The Morgan fingerprint density at radius 1 is 1.57 bits per heavy atom. The van der Waals surface area contributed by atoms with Gasteiger partial charge in [-0.3, -0.25) is 4.79 Å². The van der Waals surface area contributed by atoms with Gasteiger partial charge in [-0.15, -0.1) is 0 Å². The van der Waals surface area contributed by atoms with Crippen molar-refractivity contribution < 1.29 is 4.79 Å². The number of nitrogens with one attached hydrogen (secondary N) is 1. The fourth-order valence-corrected chi connectivity index (χ4v) is 1.83. The number of hydrogen-bond donors (Lipinski definition) is 1. The molecule has 2 unspecified atom stereocenters. The Labute approximate surface area is 86.2 Å². The maximum absolute atomic E-state index is 11.9. The Morgan fingerprint density at radius 3 is 2.79 bits per heavy atom. The van der Waals surface area contributed by atoms with Crippen molar-refractivity contribution >= 4 is 5.91 Å². The monoisotopic (exact) mass is 199 g/mol. The van der Waals surface area contributed by atoms with Crippen LogP contribution in [0.5, 0.6) is 0 Å². The highest BCUT2D eigenvalue weighted by Crippen LogP contribution is 2.05. The molecule has 1 rings (SSSR count). The van der Waals surface area contributed by atoms with E-state index >= 15 is 0 Å². The number of likely N-dealkylation sites (N-methyl/N-ethyl adjacent to an activating group) is 2. The average molecular weight is 199 g/mol. The Morgan fingerprint density at radius 2 is 2.21 bits per heavy atom. The zero-order valence-corrected chi connectivity index (χ0v) is 9.58. The maximum Gasteiger partial charge on any atom is 0.240 e. The van der Waals surface area contributed by atoms with Gasteiger partial charge in [-0.1, -0.05) is 6.92 Å². The molecule has 0 radical (unpaired) electrons. The lowest BCUT2D eigenvalue weighted by Crippen LogP contribution is -2.47. The van der Waals surface area contributed by atoms with Gasteiger partial charge in [0.15, 0.2) is 0 Å². The summed E-state index contributed by atoms with van der Waals surface area (Å²) >= 11 is 0. The van der Waals surface area contributed by atoms with Crippen LogP contribution in [0.2, 0.25) is 0 Å². The van der Waals surface area contributed by atoms with Gasteiger partial charge < -0.3 is 15.1 Å². The first-order chi connectivity index (χ1) is 6.50. The van der Waals surface area contributed by atoms with Gasteiger partial charge in [0.25, 0.3) is 0 Å². The smallest absolute Gasteiger partial charge is 0.240 e. The van der Waals surface area contributed by atoms with Crippen molar-refractivity contribution in [1.82, 2.24) is 15.1 Å². The van der Waals surface area contributed by atoms with Crippen LogP contribution in [0.15, 0.2) is 0 Å². The van der Waals surface area contributed by atoms with Crippen molar-refractivity contribution in [2.24, 2.45) is 5.92 Å². The van der Waals surface area contributed by atoms with Crippen molar-refractivity contribution in [2.45, 2.75) is 13.0 Å². The largest absolute Gasteiger partial charge is 0.344 e. The summed E-state index contributed by atoms with van der Waals surface area (Å²) in [5.74, 6) is 0.749. The minimum absolute atomic E-state index is 0.0417. The Kier molecular flexibility index (Phi) is 3.89. The Hall–Kier alpha value is -0.610. The molecule has 4 heteroatoms. The first-order valence-corrected chi connectivity index (χ1v) is 5.13. The molecule has 82 valence electrons. The van der Waals surface area contributed by atoms with Crippen LogP contribution in [0.25, 0.3) is 0 Å². The Bertz CT molecular complexity index is 206. The van der Waals surface area contributed by atoms with Crippen molar-refractivity contribution in [3.05, 3.63) is 0 Å². The Balaban J connectivity index is 2.60. The second kappa shape index (κ2) is 4.75. The number of carbonyl (C=O) groups is 1. The second-order valence-corrected chi connectivity index (χ2v) is 4.55. The van der Waals surface area contributed by atoms with Crippen LogP contribution in [0.4, 0.5) is 0 Å². The van der Waals surface area contributed by atoms with Gasteiger partial charge in [-0.25, -0.2) is 0 Å². The molecule has 4 nitrogen and oxygen atoms in total. The van der Waals surface area contributed by atoms with Gasteiger partial charge in [0.2, 0.25) is 5.91 Å². The molecule has 1 heterocycles. The predicted molar refractivity (Wildman–Crippen MR) is 57.1 cm³/mol. The highest BCUT2D eigenvalue weighted by molar-refractivity contribution is 5.82. The summed E-state index contributed by atoms with van der Waals surface area (Å²) in [7, 11) is 5.86. The summed E-state index contributed by atoms with van der Waals surface area (Å²) in [6, 6.07) is -0.0417. The van der Waals surface area contributed by atoms with E-state index in [1.807, 2.05) is 30.9 Å². The zero-order valence-electron chi connectivity index (χ0n) is 9.58. The highest BCUT2D eigenvalue weighted by Gasteiger charge is 2.26. The van der Waals surface area contributed by atoms with Crippen LogP contribution in [0.3, 0.4) is 0 Å². The van der Waals surface area contributed by atoms with Gasteiger partial charge >= 0.3 is 0 Å². The third kappa shape index (κ3) is 2.96. The quantitative estimate of drug-likeness (QED) is 0.658. The summed E-state index contributed by atoms with van der Waals surface area (Å²) in [6.45, 7) is 4.72. The molecule has 0 saturated carbocycles. The van der Waals surface area contributed by atoms with Crippen LogP contribution in [-0.4, -0.2) is 62.5 Å². The molecule has 0 aliphatic carbocycles. The maximum atomic E-state index is 11.9. The van der Waals surface area contributed by atoms with Crippen molar-refractivity contribution in [1.29, 1.82) is 0 Å². The summed E-state index contributed by atoms with van der Waals surface area (Å²) < 4.78 is 0. The van der Waals surface area contributed by atoms with Crippen molar-refractivity contribution in [3.8, 4) is 0 Å². The molecule has 1 saturated heterocycles. The molecule has 14 heavy (non-hydrogen) atoms. The lowest BCUT2D eigenvalue weighted by molar-refractivity contribution is -0.131. The second-order valence-electron chi connectivity index (χ2n) is 4.55. The van der Waals surface area contributed by atoms with Crippen molar-refractivity contribution in [2.75, 3.05) is 40.8 Å². The van der Waals surface area contributed by atoms with E-state index in [4.69, 9.17) is 0 Å². The minimum atomic E-state index is -0.0417. The molecule has 2 atom stereocenters. The van der Waals surface area contributed by atoms with Gasteiger partial charge in [0.05, 0.1) is 6.04 Å². The van der Waals surface area contributed by atoms with Crippen LogP contribution in [0, 0.1) is 5.92 Å². The molecule has 1 N–H and O–H groups in total. The molecular formula is C10H21N3O. The lowest BCUT2D eigenvalue weighted by atomic mass is 10.2. The summed E-state index contributed by atoms with van der Waals surface area (Å²) in [5.41, 5.74) is 0. The van der Waals surface area contributed by atoms with E-state index in [1.165, 1.54) is 0 Å². The van der Waals surface area contributed by atoms with E-state index < -0.39 is 0 Å². The topological polar surface area (TPSA) is 35.6 Å². The van der Waals surface area contributed by atoms with Gasteiger partial charge in [0.1, 0.15) is 0 Å². The molecule has 0 aromatic rings. The van der Waals surface area contributed by atoms with E-state index in [0.29, 0.717) is 5.92 Å². The average Bonchev–Trinajstić information content (AvgIpc) is 2.18. The molecule has 0 aromatic heterocycles. The SMILES string of the molecule is CC1CNC(CN(C)C)C(=O)N(C)C1. The molecule has 1 aliphatic heterocycles. The first kappa shape index (κ1) is 11.5. The normalized spacial score (nSPS) is 29.5. The van der Waals surface area contributed by atoms with Crippen LogP contribution >= 0.6 is 0 Å². The van der Waals surface area contributed by atoms with E-state index in [1.54, 1.807) is 0 Å². The predicted octanol–water partition coefficient (Wildman–Crippen LogP) is -0.386. The molecule has 0 bridgehead atoms. The summed E-state index contributed by atoms with van der Waals surface area (Å²) in [6.07, 6.45) is 0. The number of rotatable bonds is 2. The summed E-state index contributed by atoms with van der Waals surface area (Å²) in [4.78, 5) is 15.7. The number of carbonyl (C=O) groups excluding carboxylic acids is 1. The van der Waals surface area contributed by atoms with Gasteiger partial charge in [-0.2, -0.15) is 0 Å². The highest BCUT2D eigenvalue weighted by atomic mass is 16.2. The molecule has 1 fully saturated rings. The molecular weight excluding hydrogens is 178 g/mol. The lowest BCUT2D eigenvalue weighted by Gasteiger charge is -2.22. The number of amides is 1. The summed E-state index contributed by atoms with van der Waals surface area (Å²) in [5, 5.41) is 3.31. The third-order valence-electron chi connectivity index (χ3n) is 2.52. The molecule has 0 aromatic carbocycles. The van der Waals surface area contributed by atoms with Gasteiger partial charge in [0, 0.05) is 26.7 Å². The fourth-order valence-electron chi connectivity index (χ4n) is 1.83. The molecule has 0 spiro atoms. The third-order valence-corrected chi connectivity index (χ3v) is 2.52. The van der Waals surface area contributed by atoms with E-state index in [9.17, 15) is 4.79 Å².